The summed E-state index contributed by atoms with van der Waals surface area (Å²) in [6, 6.07) is 5.75. The van der Waals surface area contributed by atoms with Crippen LogP contribution in [0.15, 0.2) is 30.6 Å². The summed E-state index contributed by atoms with van der Waals surface area (Å²) < 4.78 is 1.78. The molecule has 1 aromatic heterocycles. The average Bonchev–Trinajstić information content (AvgIpc) is 2.95. The fourth-order valence-corrected chi connectivity index (χ4v) is 3.72. The number of nitrogens with one attached hydrogen (secondary N) is 1. The number of halogens is 1. The number of hydrogen-bond acceptors (Lipinski definition) is 3. The van der Waals surface area contributed by atoms with Gasteiger partial charge in [-0.3, -0.25) is 9.48 Å². The molecule has 5 nitrogen and oxygen atoms in total. The molecule has 2 atom stereocenters. The molecule has 1 saturated heterocycles. The summed E-state index contributed by atoms with van der Waals surface area (Å²) in [5.41, 5.74) is 3.04. The Kier molecular flexibility index (Phi) is 3.96. The second kappa shape index (κ2) is 6.13. The minimum atomic E-state index is 0.0274. The Hall–Kier alpha value is -2.01. The molecule has 1 aliphatic heterocycles. The zero-order valence-electron chi connectivity index (χ0n) is 13.7. The van der Waals surface area contributed by atoms with Gasteiger partial charge in [-0.15, -0.1) is 0 Å². The van der Waals surface area contributed by atoms with E-state index in [1.807, 2.05) is 37.6 Å². The lowest BCUT2D eigenvalue weighted by Gasteiger charge is -2.22. The van der Waals surface area contributed by atoms with Crippen LogP contribution in [-0.2, 0) is 11.8 Å². The van der Waals surface area contributed by atoms with Crippen LogP contribution < -0.4 is 10.2 Å². The highest BCUT2D eigenvalue weighted by molar-refractivity contribution is 6.31. The maximum atomic E-state index is 12.6. The molecule has 1 aliphatic carbocycles. The van der Waals surface area contributed by atoms with E-state index in [4.69, 9.17) is 11.6 Å². The van der Waals surface area contributed by atoms with Gasteiger partial charge in [-0.25, -0.2) is 0 Å². The van der Waals surface area contributed by atoms with Crippen LogP contribution >= 0.6 is 11.6 Å². The Morgan fingerprint density at radius 1 is 1.33 bits per heavy atom. The molecule has 2 fully saturated rings. The number of nitrogens with zero attached hydrogens (tertiary/aromatic N) is 3. The Morgan fingerprint density at radius 2 is 2.12 bits per heavy atom. The third-order valence-corrected chi connectivity index (χ3v) is 5.18. The van der Waals surface area contributed by atoms with E-state index in [-0.39, 0.29) is 17.7 Å². The monoisotopic (exact) mass is 344 g/mol. The van der Waals surface area contributed by atoms with Crippen LogP contribution in [0.1, 0.15) is 30.7 Å². The van der Waals surface area contributed by atoms with Crippen molar-refractivity contribution in [3.05, 3.63) is 41.2 Å². The van der Waals surface area contributed by atoms with Crippen molar-refractivity contribution < 1.29 is 4.79 Å². The van der Waals surface area contributed by atoms with Gasteiger partial charge in [0.2, 0.25) is 5.91 Å². The number of aryl methyl sites for hydroxylation is 1. The zero-order chi connectivity index (χ0) is 16.7. The second-order valence-corrected chi connectivity index (χ2v) is 7.18. The van der Waals surface area contributed by atoms with Crippen LogP contribution in [0.5, 0.6) is 0 Å². The predicted octanol–water partition coefficient (Wildman–Crippen LogP) is 3.42. The number of aromatic nitrogens is 2. The van der Waals surface area contributed by atoms with Crippen molar-refractivity contribution in [3.8, 4) is 0 Å². The summed E-state index contributed by atoms with van der Waals surface area (Å²) >= 11 is 6.15. The molecule has 1 N–H and O–H groups in total. The van der Waals surface area contributed by atoms with Crippen molar-refractivity contribution in [2.75, 3.05) is 23.3 Å². The highest BCUT2D eigenvalue weighted by atomic mass is 35.5. The van der Waals surface area contributed by atoms with E-state index in [2.05, 4.69) is 15.3 Å². The Labute approximate surface area is 146 Å². The lowest BCUT2D eigenvalue weighted by molar-refractivity contribution is -0.117. The van der Waals surface area contributed by atoms with Crippen molar-refractivity contribution in [2.24, 2.45) is 13.0 Å². The minimum Gasteiger partial charge on any atom is -0.370 e. The molecule has 0 radical (unpaired) electrons. The Morgan fingerprint density at radius 3 is 2.83 bits per heavy atom. The zero-order valence-corrected chi connectivity index (χ0v) is 14.5. The normalized spacial score (nSPS) is 22.7. The minimum absolute atomic E-state index is 0.0274. The molecular weight excluding hydrogens is 324 g/mol. The SMILES string of the molecule is Cn1cc([C@H]2C[C@H]2C(=O)Nc2cc(Cl)ccc2N2CCCC2)cn1. The fourth-order valence-electron chi connectivity index (χ4n) is 3.55. The molecule has 126 valence electrons. The van der Waals surface area contributed by atoms with Gasteiger partial charge < -0.3 is 10.2 Å². The van der Waals surface area contributed by atoms with Gasteiger partial charge in [0.05, 0.1) is 17.6 Å². The quantitative estimate of drug-likeness (QED) is 0.924. The fraction of sp³-hybridized carbons (Fsp3) is 0.444. The van der Waals surface area contributed by atoms with Crippen LogP contribution in [0.3, 0.4) is 0 Å². The molecule has 1 saturated carbocycles. The number of hydrogen-bond donors (Lipinski definition) is 1. The van der Waals surface area contributed by atoms with Crippen molar-refractivity contribution >= 4 is 28.9 Å². The maximum absolute atomic E-state index is 12.6. The summed E-state index contributed by atoms with van der Waals surface area (Å²) in [4.78, 5) is 15.0. The highest BCUT2D eigenvalue weighted by Gasteiger charge is 2.44. The molecule has 1 aromatic carbocycles. The number of benzene rings is 1. The predicted molar refractivity (Wildman–Crippen MR) is 95.6 cm³/mol. The van der Waals surface area contributed by atoms with Gasteiger partial charge >= 0.3 is 0 Å². The van der Waals surface area contributed by atoms with Crippen LogP contribution in [0.25, 0.3) is 0 Å². The topological polar surface area (TPSA) is 50.2 Å². The Balaban J connectivity index is 1.49. The number of anilines is 2. The van der Waals surface area contributed by atoms with E-state index >= 15 is 0 Å². The van der Waals surface area contributed by atoms with Crippen molar-refractivity contribution in [1.82, 2.24) is 9.78 Å². The van der Waals surface area contributed by atoms with Gasteiger partial charge in [0.1, 0.15) is 0 Å². The van der Waals surface area contributed by atoms with Gasteiger partial charge in [-0.1, -0.05) is 11.6 Å². The first kappa shape index (κ1) is 15.5. The van der Waals surface area contributed by atoms with Gasteiger partial charge in [0, 0.05) is 37.3 Å². The molecular formula is C18H21ClN4O. The first-order valence-corrected chi connectivity index (χ1v) is 8.83. The number of carbonyl (C=O) groups excluding carboxylic acids is 1. The molecule has 0 spiro atoms. The number of rotatable bonds is 4. The van der Waals surface area contributed by atoms with Gasteiger partial charge in [-0.2, -0.15) is 5.10 Å². The van der Waals surface area contributed by atoms with Crippen LogP contribution in [-0.4, -0.2) is 28.8 Å². The molecule has 4 rings (SSSR count). The summed E-state index contributed by atoms with van der Waals surface area (Å²) in [5.74, 6) is 0.388. The molecule has 2 aliphatic rings. The second-order valence-electron chi connectivity index (χ2n) is 6.74. The largest absolute Gasteiger partial charge is 0.370 e. The van der Waals surface area contributed by atoms with Gasteiger partial charge in [-0.05, 0) is 48.9 Å². The number of amides is 1. The molecule has 1 amide bonds. The lowest BCUT2D eigenvalue weighted by atomic mass is 10.2. The van der Waals surface area contributed by atoms with Gasteiger partial charge in [0.25, 0.3) is 0 Å². The van der Waals surface area contributed by atoms with E-state index in [9.17, 15) is 4.79 Å². The molecule has 24 heavy (non-hydrogen) atoms. The van der Waals surface area contributed by atoms with Crippen molar-refractivity contribution in [2.45, 2.75) is 25.2 Å². The van der Waals surface area contributed by atoms with Gasteiger partial charge in [0.15, 0.2) is 0 Å². The van der Waals surface area contributed by atoms with Crippen molar-refractivity contribution in [1.29, 1.82) is 0 Å². The van der Waals surface area contributed by atoms with Crippen LogP contribution in [0, 0.1) is 5.92 Å². The Bertz CT molecular complexity index is 766. The lowest BCUT2D eigenvalue weighted by Crippen LogP contribution is -2.22. The molecule has 0 unspecified atom stereocenters. The summed E-state index contributed by atoms with van der Waals surface area (Å²) in [7, 11) is 1.90. The smallest absolute Gasteiger partial charge is 0.228 e. The number of carbonyl (C=O) groups is 1. The maximum Gasteiger partial charge on any atom is 0.228 e. The molecule has 0 bridgehead atoms. The van der Waals surface area contributed by atoms with Crippen LogP contribution in [0.2, 0.25) is 5.02 Å². The third-order valence-electron chi connectivity index (χ3n) is 4.94. The van der Waals surface area contributed by atoms with Crippen LogP contribution in [0.4, 0.5) is 11.4 Å². The van der Waals surface area contributed by atoms with E-state index in [1.54, 1.807) is 4.68 Å². The first-order chi connectivity index (χ1) is 11.6. The summed E-state index contributed by atoms with van der Waals surface area (Å²) in [6.07, 6.45) is 7.13. The van der Waals surface area contributed by atoms with Crippen molar-refractivity contribution in [3.63, 3.8) is 0 Å². The van der Waals surface area contributed by atoms with E-state index in [1.165, 1.54) is 12.8 Å². The summed E-state index contributed by atoms with van der Waals surface area (Å²) in [5, 5.41) is 7.95. The van der Waals surface area contributed by atoms with E-state index in [0.717, 1.165) is 36.4 Å². The average molecular weight is 345 g/mol. The molecule has 2 aromatic rings. The molecule has 6 heteroatoms. The third kappa shape index (κ3) is 3.00. The standard InChI is InChI=1S/C18H21ClN4O/c1-22-11-12(10-20-22)14-9-15(14)18(24)21-16-8-13(19)4-5-17(16)23-6-2-3-7-23/h4-5,8,10-11,14-15H,2-3,6-7,9H2,1H3,(H,21,24)/t14-,15-/m1/s1. The molecule has 2 heterocycles. The van der Waals surface area contributed by atoms with E-state index < -0.39 is 0 Å². The first-order valence-electron chi connectivity index (χ1n) is 8.46. The highest BCUT2D eigenvalue weighted by Crippen LogP contribution is 2.48. The van der Waals surface area contributed by atoms with E-state index in [0.29, 0.717) is 5.02 Å². The summed E-state index contributed by atoms with van der Waals surface area (Å²) in [6.45, 7) is 2.07.